The Morgan fingerprint density at radius 2 is 2.20 bits per heavy atom. The molecule has 0 aliphatic carbocycles. The van der Waals surface area contributed by atoms with E-state index in [4.69, 9.17) is 27.9 Å². The zero-order valence-corrected chi connectivity index (χ0v) is 12.8. The molecule has 7 heteroatoms. The van der Waals surface area contributed by atoms with Crippen molar-refractivity contribution in [3.05, 3.63) is 40.4 Å². The van der Waals surface area contributed by atoms with E-state index >= 15 is 0 Å². The molecule has 0 amide bonds. The Balaban J connectivity index is 1.99. The molecule has 1 unspecified atom stereocenters. The lowest BCUT2D eigenvalue weighted by Crippen LogP contribution is -2.30. The second-order valence-electron chi connectivity index (χ2n) is 4.48. The molecule has 0 spiro atoms. The van der Waals surface area contributed by atoms with Crippen LogP contribution in [-0.2, 0) is 13.1 Å². The van der Waals surface area contributed by atoms with Crippen molar-refractivity contribution >= 4 is 23.2 Å². The fourth-order valence-corrected chi connectivity index (χ4v) is 2.54. The lowest BCUT2D eigenvalue weighted by Gasteiger charge is -2.16. The summed E-state index contributed by atoms with van der Waals surface area (Å²) >= 11 is 12.1. The molecule has 0 saturated heterocycles. The summed E-state index contributed by atoms with van der Waals surface area (Å²) in [5.74, 6) is 0.650. The van der Waals surface area contributed by atoms with Crippen molar-refractivity contribution in [1.29, 1.82) is 0 Å². The highest BCUT2D eigenvalue weighted by Crippen LogP contribution is 2.32. The zero-order chi connectivity index (χ0) is 14.5. The van der Waals surface area contributed by atoms with Gasteiger partial charge in [-0.25, -0.2) is 4.98 Å². The van der Waals surface area contributed by atoms with Crippen molar-refractivity contribution in [3.63, 3.8) is 0 Å². The van der Waals surface area contributed by atoms with Crippen LogP contribution in [-0.4, -0.2) is 27.9 Å². The summed E-state index contributed by atoms with van der Waals surface area (Å²) in [5, 5.41) is 8.56. The molecule has 0 aliphatic heterocycles. The summed E-state index contributed by atoms with van der Waals surface area (Å²) in [5.41, 5.74) is 0.926. The van der Waals surface area contributed by atoms with Crippen molar-refractivity contribution in [3.8, 4) is 5.75 Å². The number of nitrogens with zero attached hydrogens (tertiary/aromatic N) is 3. The van der Waals surface area contributed by atoms with Crippen LogP contribution < -0.4 is 10.1 Å². The number of hydrogen-bond acceptors (Lipinski definition) is 4. The van der Waals surface area contributed by atoms with E-state index in [1.807, 2.05) is 6.07 Å². The van der Waals surface area contributed by atoms with Gasteiger partial charge >= 0.3 is 0 Å². The molecule has 1 N–H and O–H groups in total. The number of rotatable bonds is 6. The van der Waals surface area contributed by atoms with Crippen molar-refractivity contribution < 1.29 is 4.74 Å². The molecule has 0 bridgehead atoms. The maximum absolute atomic E-state index is 6.11. The first-order chi connectivity index (χ1) is 9.60. The smallest absolute Gasteiger partial charge is 0.142 e. The number of ether oxygens (including phenoxy) is 1. The quantitative estimate of drug-likeness (QED) is 0.890. The first-order valence-corrected chi connectivity index (χ1v) is 6.93. The maximum atomic E-state index is 6.11. The molecule has 108 valence electrons. The van der Waals surface area contributed by atoms with Gasteiger partial charge in [-0.15, -0.1) is 0 Å². The second kappa shape index (κ2) is 6.92. The molecule has 2 aromatic rings. The highest BCUT2D eigenvalue weighted by molar-refractivity contribution is 6.35. The minimum absolute atomic E-state index is 0.221. The van der Waals surface area contributed by atoms with E-state index in [0.717, 1.165) is 12.1 Å². The van der Waals surface area contributed by atoms with Gasteiger partial charge in [0.05, 0.1) is 18.7 Å². The monoisotopic (exact) mass is 314 g/mol. The van der Waals surface area contributed by atoms with Crippen LogP contribution in [0, 0.1) is 0 Å². The van der Waals surface area contributed by atoms with Crippen molar-refractivity contribution in [1.82, 2.24) is 20.1 Å². The predicted octanol–water partition coefficient (Wildman–Crippen LogP) is 2.77. The molecule has 1 heterocycles. The normalized spacial score (nSPS) is 12.4. The highest BCUT2D eigenvalue weighted by Gasteiger charge is 2.11. The summed E-state index contributed by atoms with van der Waals surface area (Å²) in [4.78, 5) is 3.91. The summed E-state index contributed by atoms with van der Waals surface area (Å²) in [6, 6.07) is 3.74. The van der Waals surface area contributed by atoms with Crippen LogP contribution in [0.25, 0.3) is 0 Å². The standard InChI is InChI=1S/C13H16Cl2N4O/c1-9(6-19-8-16-7-18-19)17-5-10-3-11(14)4-12(15)13(10)20-2/h3-4,7-9,17H,5-6H2,1-2H3. The average Bonchev–Trinajstić information content (AvgIpc) is 2.88. The van der Waals surface area contributed by atoms with Gasteiger partial charge in [0.1, 0.15) is 18.4 Å². The highest BCUT2D eigenvalue weighted by atomic mass is 35.5. The molecular formula is C13H16Cl2N4O. The predicted molar refractivity (Wildman–Crippen MR) is 79.3 cm³/mol. The molecule has 0 radical (unpaired) electrons. The summed E-state index contributed by atoms with van der Waals surface area (Å²) in [7, 11) is 1.59. The Kier molecular flexibility index (Phi) is 5.23. The first-order valence-electron chi connectivity index (χ1n) is 6.18. The molecule has 20 heavy (non-hydrogen) atoms. The fourth-order valence-electron chi connectivity index (χ4n) is 1.93. The third-order valence-corrected chi connectivity index (χ3v) is 3.36. The van der Waals surface area contributed by atoms with Crippen molar-refractivity contribution in [2.75, 3.05) is 7.11 Å². The van der Waals surface area contributed by atoms with E-state index in [2.05, 4.69) is 22.3 Å². The van der Waals surface area contributed by atoms with Gasteiger partial charge in [0.15, 0.2) is 0 Å². The van der Waals surface area contributed by atoms with E-state index in [1.54, 1.807) is 24.2 Å². The minimum atomic E-state index is 0.221. The van der Waals surface area contributed by atoms with E-state index in [0.29, 0.717) is 22.3 Å². The van der Waals surface area contributed by atoms with Gasteiger partial charge in [0.2, 0.25) is 0 Å². The number of hydrogen-bond donors (Lipinski definition) is 1. The van der Waals surface area contributed by atoms with Crippen LogP contribution in [0.4, 0.5) is 0 Å². The number of benzene rings is 1. The topological polar surface area (TPSA) is 52.0 Å². The summed E-state index contributed by atoms with van der Waals surface area (Å²) < 4.78 is 7.09. The van der Waals surface area contributed by atoms with Crippen LogP contribution in [0.5, 0.6) is 5.75 Å². The molecular weight excluding hydrogens is 299 g/mol. The molecule has 0 fully saturated rings. The second-order valence-corrected chi connectivity index (χ2v) is 5.32. The van der Waals surface area contributed by atoms with Gasteiger partial charge in [-0.2, -0.15) is 5.10 Å². The molecule has 5 nitrogen and oxygen atoms in total. The Hall–Kier alpha value is -1.30. The third kappa shape index (κ3) is 3.85. The molecule has 0 saturated carbocycles. The average molecular weight is 315 g/mol. The number of nitrogens with one attached hydrogen (secondary N) is 1. The van der Waals surface area contributed by atoms with Gasteiger partial charge < -0.3 is 10.1 Å². The summed E-state index contributed by atoms with van der Waals surface area (Å²) in [6.45, 7) is 3.41. The largest absolute Gasteiger partial charge is 0.495 e. The molecule has 0 aliphatic rings. The van der Waals surface area contributed by atoms with Crippen LogP contribution in [0.2, 0.25) is 10.0 Å². The Morgan fingerprint density at radius 3 is 2.85 bits per heavy atom. The van der Waals surface area contributed by atoms with Crippen LogP contribution >= 0.6 is 23.2 Å². The van der Waals surface area contributed by atoms with Gasteiger partial charge in [0.25, 0.3) is 0 Å². The summed E-state index contributed by atoms with van der Waals surface area (Å²) in [6.07, 6.45) is 3.21. The number of halogens is 2. The van der Waals surface area contributed by atoms with Gasteiger partial charge in [-0.05, 0) is 19.1 Å². The Morgan fingerprint density at radius 1 is 1.40 bits per heavy atom. The van der Waals surface area contributed by atoms with E-state index in [1.165, 1.54) is 6.33 Å². The van der Waals surface area contributed by atoms with Crippen molar-refractivity contribution in [2.24, 2.45) is 0 Å². The van der Waals surface area contributed by atoms with Crippen molar-refractivity contribution in [2.45, 2.75) is 26.1 Å². The molecule has 1 atom stereocenters. The molecule has 2 rings (SSSR count). The van der Waals surface area contributed by atoms with E-state index in [9.17, 15) is 0 Å². The SMILES string of the molecule is COc1c(Cl)cc(Cl)cc1CNC(C)Cn1cncn1. The van der Waals surface area contributed by atoms with Crippen LogP contribution in [0.15, 0.2) is 24.8 Å². The Labute approximate surface area is 127 Å². The number of methoxy groups -OCH3 is 1. The van der Waals surface area contributed by atoms with E-state index < -0.39 is 0 Å². The molecule has 1 aromatic carbocycles. The first kappa shape index (κ1) is 15.1. The van der Waals surface area contributed by atoms with Crippen LogP contribution in [0.3, 0.4) is 0 Å². The maximum Gasteiger partial charge on any atom is 0.142 e. The van der Waals surface area contributed by atoms with Gasteiger partial charge in [0, 0.05) is 23.2 Å². The van der Waals surface area contributed by atoms with Gasteiger partial charge in [-0.3, -0.25) is 4.68 Å². The minimum Gasteiger partial charge on any atom is -0.495 e. The van der Waals surface area contributed by atoms with Crippen LogP contribution in [0.1, 0.15) is 12.5 Å². The lowest BCUT2D eigenvalue weighted by atomic mass is 10.2. The van der Waals surface area contributed by atoms with Gasteiger partial charge in [-0.1, -0.05) is 23.2 Å². The lowest BCUT2D eigenvalue weighted by molar-refractivity contribution is 0.401. The number of aromatic nitrogens is 3. The fraction of sp³-hybridized carbons (Fsp3) is 0.385. The zero-order valence-electron chi connectivity index (χ0n) is 11.3. The molecule has 1 aromatic heterocycles. The third-order valence-electron chi connectivity index (χ3n) is 2.86. The van der Waals surface area contributed by atoms with E-state index in [-0.39, 0.29) is 6.04 Å². The Bertz CT molecular complexity index is 560.